The van der Waals surface area contributed by atoms with Gasteiger partial charge in [-0.25, -0.2) is 4.98 Å². The van der Waals surface area contributed by atoms with Crippen LogP contribution in [-0.4, -0.2) is 15.1 Å². The summed E-state index contributed by atoms with van der Waals surface area (Å²) in [6.07, 6.45) is 1.36. The van der Waals surface area contributed by atoms with Crippen LogP contribution < -0.4 is 0 Å². The van der Waals surface area contributed by atoms with Crippen molar-refractivity contribution in [3.8, 4) is 10.7 Å². The van der Waals surface area contributed by atoms with Crippen LogP contribution in [-0.2, 0) is 6.42 Å². The summed E-state index contributed by atoms with van der Waals surface area (Å²) in [7, 11) is 0. The van der Waals surface area contributed by atoms with Crippen molar-refractivity contribution in [3.63, 3.8) is 0 Å². The Labute approximate surface area is 117 Å². The third kappa shape index (κ3) is 2.42. The second-order valence-electron chi connectivity index (χ2n) is 6.06. The van der Waals surface area contributed by atoms with E-state index in [1.54, 1.807) is 11.3 Å². The summed E-state index contributed by atoms with van der Waals surface area (Å²) in [5, 5.41) is 11.2. The minimum absolute atomic E-state index is 0.123. The molecule has 3 nitrogen and oxygen atoms in total. The third-order valence-electron chi connectivity index (χ3n) is 3.53. The lowest BCUT2D eigenvalue weighted by atomic mass is 9.77. The van der Waals surface area contributed by atoms with Crippen molar-refractivity contribution in [2.45, 2.75) is 39.7 Å². The summed E-state index contributed by atoms with van der Waals surface area (Å²) >= 11 is 1.58. The molecule has 0 radical (unpaired) electrons. The molecule has 1 unspecified atom stereocenters. The van der Waals surface area contributed by atoms with Crippen molar-refractivity contribution >= 4 is 11.3 Å². The molecule has 1 aliphatic carbocycles. The number of aliphatic hydroxyl groups excluding tert-OH is 1. The van der Waals surface area contributed by atoms with Gasteiger partial charge in [0, 0.05) is 5.69 Å². The average Bonchev–Trinajstić information content (AvgIpc) is 2.71. The van der Waals surface area contributed by atoms with Gasteiger partial charge in [-0.15, -0.1) is 11.3 Å². The van der Waals surface area contributed by atoms with Gasteiger partial charge in [0.05, 0.1) is 22.4 Å². The number of hydrogen-bond donors (Lipinski definition) is 1. The van der Waals surface area contributed by atoms with Crippen LogP contribution >= 0.6 is 11.3 Å². The molecule has 0 spiro atoms. The first-order valence-corrected chi connectivity index (χ1v) is 7.38. The van der Waals surface area contributed by atoms with Gasteiger partial charge in [0.2, 0.25) is 0 Å². The second-order valence-corrected chi connectivity index (χ2v) is 7.09. The topological polar surface area (TPSA) is 46.0 Å². The smallest absolute Gasteiger partial charge is 0.142 e. The molecule has 100 valence electrons. The van der Waals surface area contributed by atoms with E-state index in [2.05, 4.69) is 18.8 Å². The summed E-state index contributed by atoms with van der Waals surface area (Å²) in [5.74, 6) is 0. The minimum Gasteiger partial charge on any atom is -0.387 e. The number of fused-ring (bicyclic) bond motifs is 1. The van der Waals surface area contributed by atoms with Crippen LogP contribution in [0.15, 0.2) is 18.2 Å². The lowest BCUT2D eigenvalue weighted by molar-refractivity contribution is 0.102. The fourth-order valence-corrected chi connectivity index (χ4v) is 3.70. The molecule has 19 heavy (non-hydrogen) atoms. The fourth-order valence-electron chi connectivity index (χ4n) is 2.66. The monoisotopic (exact) mass is 274 g/mol. The number of rotatable bonds is 1. The standard InChI is InChI=1S/C15H18N2OS/c1-9-5-4-6-10(16-9)14-17-11-7-15(2,3)8-12(18)13(11)19-14/h4-6,12,18H,7-8H2,1-3H3. The number of aliphatic hydroxyl groups is 1. The van der Waals surface area contributed by atoms with E-state index in [4.69, 9.17) is 4.98 Å². The quantitative estimate of drug-likeness (QED) is 0.865. The Hall–Kier alpha value is -1.26. The van der Waals surface area contributed by atoms with Gasteiger partial charge < -0.3 is 5.11 Å². The van der Waals surface area contributed by atoms with Crippen LogP contribution in [0.4, 0.5) is 0 Å². The van der Waals surface area contributed by atoms with Gasteiger partial charge in [-0.05, 0) is 37.3 Å². The Morgan fingerprint density at radius 1 is 1.32 bits per heavy atom. The molecule has 0 amide bonds. The SMILES string of the molecule is Cc1cccc(-c2nc3c(s2)C(O)CC(C)(C)C3)n1. The molecule has 0 saturated carbocycles. The normalized spacial score (nSPS) is 21.2. The van der Waals surface area contributed by atoms with Crippen molar-refractivity contribution < 1.29 is 5.11 Å². The Balaban J connectivity index is 2.04. The highest BCUT2D eigenvalue weighted by atomic mass is 32.1. The molecule has 0 bridgehead atoms. The first-order valence-electron chi connectivity index (χ1n) is 6.56. The highest BCUT2D eigenvalue weighted by Crippen LogP contribution is 2.44. The molecule has 4 heteroatoms. The van der Waals surface area contributed by atoms with Gasteiger partial charge in [-0.2, -0.15) is 0 Å². The number of nitrogens with zero attached hydrogens (tertiary/aromatic N) is 2. The van der Waals surface area contributed by atoms with E-state index in [9.17, 15) is 5.11 Å². The minimum atomic E-state index is -0.380. The third-order valence-corrected chi connectivity index (χ3v) is 4.75. The zero-order valence-electron chi connectivity index (χ0n) is 11.5. The lowest BCUT2D eigenvalue weighted by Gasteiger charge is -2.31. The molecular formula is C15H18N2OS. The average molecular weight is 274 g/mol. The van der Waals surface area contributed by atoms with Gasteiger partial charge in [0.25, 0.3) is 0 Å². The highest BCUT2D eigenvalue weighted by Gasteiger charge is 2.34. The predicted octanol–water partition coefficient (Wildman–Crippen LogP) is 3.52. The van der Waals surface area contributed by atoms with E-state index >= 15 is 0 Å². The summed E-state index contributed by atoms with van der Waals surface area (Å²) in [6.45, 7) is 6.35. The molecule has 3 rings (SSSR count). The molecule has 1 N–H and O–H groups in total. The maximum absolute atomic E-state index is 10.3. The molecule has 2 aromatic rings. The van der Waals surface area contributed by atoms with Gasteiger partial charge >= 0.3 is 0 Å². The summed E-state index contributed by atoms with van der Waals surface area (Å²) < 4.78 is 0. The zero-order chi connectivity index (χ0) is 13.6. The van der Waals surface area contributed by atoms with Crippen molar-refractivity contribution in [1.29, 1.82) is 0 Å². The molecular weight excluding hydrogens is 256 g/mol. The van der Waals surface area contributed by atoms with Crippen LogP contribution in [0.25, 0.3) is 10.7 Å². The number of hydrogen-bond acceptors (Lipinski definition) is 4. The van der Waals surface area contributed by atoms with Crippen molar-refractivity contribution in [1.82, 2.24) is 9.97 Å². The Kier molecular flexibility index (Phi) is 2.95. The second kappa shape index (κ2) is 4.39. The Bertz CT molecular complexity index is 618. The predicted molar refractivity (Wildman–Crippen MR) is 77.1 cm³/mol. The first kappa shape index (κ1) is 12.8. The van der Waals surface area contributed by atoms with Crippen LogP contribution in [0.2, 0.25) is 0 Å². The van der Waals surface area contributed by atoms with Crippen molar-refractivity contribution in [2.75, 3.05) is 0 Å². The van der Waals surface area contributed by atoms with Crippen LogP contribution in [0.3, 0.4) is 0 Å². The summed E-state index contributed by atoms with van der Waals surface area (Å²) in [4.78, 5) is 10.2. The van der Waals surface area contributed by atoms with Crippen molar-refractivity contribution in [2.24, 2.45) is 5.41 Å². The largest absolute Gasteiger partial charge is 0.387 e. The van der Waals surface area contributed by atoms with Gasteiger partial charge in [0.15, 0.2) is 0 Å². The maximum Gasteiger partial charge on any atom is 0.142 e. The summed E-state index contributed by atoms with van der Waals surface area (Å²) in [5.41, 5.74) is 3.07. The summed E-state index contributed by atoms with van der Waals surface area (Å²) in [6, 6.07) is 5.96. The Morgan fingerprint density at radius 3 is 2.84 bits per heavy atom. The number of aromatic nitrogens is 2. The Morgan fingerprint density at radius 2 is 2.11 bits per heavy atom. The lowest BCUT2D eigenvalue weighted by Crippen LogP contribution is -2.24. The van der Waals surface area contributed by atoms with E-state index in [0.29, 0.717) is 0 Å². The van der Waals surface area contributed by atoms with E-state index in [0.717, 1.165) is 39.8 Å². The molecule has 0 saturated heterocycles. The molecule has 0 fully saturated rings. The van der Waals surface area contributed by atoms with Gasteiger partial charge in [-0.3, -0.25) is 4.98 Å². The zero-order valence-corrected chi connectivity index (χ0v) is 12.3. The highest BCUT2D eigenvalue weighted by molar-refractivity contribution is 7.15. The number of thiazole rings is 1. The van der Waals surface area contributed by atoms with E-state index in [1.165, 1.54) is 0 Å². The van der Waals surface area contributed by atoms with E-state index in [1.807, 2.05) is 25.1 Å². The van der Waals surface area contributed by atoms with Crippen LogP contribution in [0.1, 0.15) is 42.6 Å². The molecule has 2 heterocycles. The molecule has 1 atom stereocenters. The van der Waals surface area contributed by atoms with Gasteiger partial charge in [0.1, 0.15) is 5.01 Å². The van der Waals surface area contributed by atoms with Crippen LogP contribution in [0.5, 0.6) is 0 Å². The van der Waals surface area contributed by atoms with Crippen molar-refractivity contribution in [3.05, 3.63) is 34.5 Å². The van der Waals surface area contributed by atoms with E-state index < -0.39 is 0 Å². The molecule has 2 aromatic heterocycles. The molecule has 1 aliphatic rings. The molecule has 0 aliphatic heterocycles. The van der Waals surface area contributed by atoms with Gasteiger partial charge in [-0.1, -0.05) is 19.9 Å². The number of aryl methyl sites for hydroxylation is 1. The fraction of sp³-hybridized carbons (Fsp3) is 0.467. The van der Waals surface area contributed by atoms with E-state index in [-0.39, 0.29) is 11.5 Å². The first-order chi connectivity index (χ1) is 8.94. The molecule has 0 aromatic carbocycles. The maximum atomic E-state index is 10.3. The van der Waals surface area contributed by atoms with Crippen LogP contribution in [0, 0.1) is 12.3 Å². The number of pyridine rings is 1.